The normalized spacial score (nSPS) is 9.67. The molecule has 0 aliphatic rings. The van der Waals surface area contributed by atoms with Gasteiger partial charge in [-0.1, -0.05) is 0 Å². The minimum Gasteiger partial charge on any atom is -0.466 e. The third-order valence-corrected chi connectivity index (χ3v) is 1.78. The first kappa shape index (κ1) is 11.2. The lowest BCUT2D eigenvalue weighted by Gasteiger charge is -2.03. The third kappa shape index (κ3) is 3.05. The average Bonchev–Trinajstić information content (AvgIpc) is 2.18. The van der Waals surface area contributed by atoms with E-state index >= 15 is 0 Å². The summed E-state index contributed by atoms with van der Waals surface area (Å²) < 4.78 is 4.75. The largest absolute Gasteiger partial charge is 0.466 e. The Labute approximate surface area is 87.3 Å². The predicted octanol–water partition coefficient (Wildman–Crippen LogP) is 0.582. The van der Waals surface area contributed by atoms with Gasteiger partial charge in [0.1, 0.15) is 0 Å². The summed E-state index contributed by atoms with van der Waals surface area (Å²) >= 11 is 0. The Kier molecular flexibility index (Phi) is 3.79. The number of pyridine rings is 1. The molecule has 15 heavy (non-hydrogen) atoms. The molecule has 1 rings (SSSR count). The van der Waals surface area contributed by atoms with Crippen molar-refractivity contribution in [2.24, 2.45) is 0 Å². The standard InChI is InChI=1S/C10H12N2O3/c1-2-15-10(14)4-8-3-9(11)7(6-13)5-12-8/h3,5-6H,2,4H2,1H3,(H2,11,12). The molecule has 0 atom stereocenters. The van der Waals surface area contributed by atoms with Crippen molar-refractivity contribution in [3.05, 3.63) is 23.5 Å². The van der Waals surface area contributed by atoms with Crippen LogP contribution in [-0.2, 0) is 16.0 Å². The molecule has 1 heterocycles. The van der Waals surface area contributed by atoms with Gasteiger partial charge in [0.2, 0.25) is 0 Å². The van der Waals surface area contributed by atoms with Gasteiger partial charge in [0.25, 0.3) is 0 Å². The molecule has 0 amide bonds. The highest BCUT2D eigenvalue weighted by atomic mass is 16.5. The first-order chi connectivity index (χ1) is 7.17. The highest BCUT2D eigenvalue weighted by Crippen LogP contribution is 2.10. The second-order valence-corrected chi connectivity index (χ2v) is 2.90. The Morgan fingerprint density at radius 2 is 2.40 bits per heavy atom. The Morgan fingerprint density at radius 3 is 2.93 bits per heavy atom. The van der Waals surface area contributed by atoms with Crippen LogP contribution in [0.5, 0.6) is 0 Å². The second kappa shape index (κ2) is 5.09. The van der Waals surface area contributed by atoms with Gasteiger partial charge in [0.05, 0.1) is 24.3 Å². The first-order valence-electron chi connectivity index (χ1n) is 4.52. The summed E-state index contributed by atoms with van der Waals surface area (Å²) in [6, 6.07) is 1.50. The van der Waals surface area contributed by atoms with Crippen molar-refractivity contribution in [2.45, 2.75) is 13.3 Å². The minimum atomic E-state index is -0.358. The molecule has 2 N–H and O–H groups in total. The molecular weight excluding hydrogens is 196 g/mol. The summed E-state index contributed by atoms with van der Waals surface area (Å²) in [6.45, 7) is 2.07. The van der Waals surface area contributed by atoms with E-state index in [4.69, 9.17) is 10.5 Å². The predicted molar refractivity (Wildman–Crippen MR) is 54.4 cm³/mol. The molecule has 80 valence electrons. The SMILES string of the molecule is CCOC(=O)Cc1cc(N)c(C=O)cn1. The number of aldehydes is 1. The highest BCUT2D eigenvalue weighted by Gasteiger charge is 2.07. The molecule has 0 aliphatic carbocycles. The topological polar surface area (TPSA) is 82.3 Å². The van der Waals surface area contributed by atoms with E-state index in [0.717, 1.165) is 0 Å². The van der Waals surface area contributed by atoms with Crippen molar-refractivity contribution in [1.82, 2.24) is 4.98 Å². The number of ether oxygens (including phenoxy) is 1. The second-order valence-electron chi connectivity index (χ2n) is 2.90. The molecule has 5 heteroatoms. The molecule has 0 bridgehead atoms. The molecule has 0 fully saturated rings. The number of carbonyl (C=O) groups is 2. The zero-order valence-corrected chi connectivity index (χ0v) is 8.40. The van der Waals surface area contributed by atoms with Crippen LogP contribution in [0.1, 0.15) is 23.0 Å². The van der Waals surface area contributed by atoms with Crippen LogP contribution in [0.2, 0.25) is 0 Å². The van der Waals surface area contributed by atoms with Gasteiger partial charge < -0.3 is 10.5 Å². The number of nitrogen functional groups attached to an aromatic ring is 1. The number of rotatable bonds is 4. The van der Waals surface area contributed by atoms with Crippen LogP contribution in [-0.4, -0.2) is 23.8 Å². The van der Waals surface area contributed by atoms with E-state index in [2.05, 4.69) is 4.98 Å². The van der Waals surface area contributed by atoms with Crippen molar-refractivity contribution in [2.75, 3.05) is 12.3 Å². The molecule has 0 saturated heterocycles. The van der Waals surface area contributed by atoms with Crippen LogP contribution in [0.4, 0.5) is 5.69 Å². The van der Waals surface area contributed by atoms with Crippen LogP contribution in [0.3, 0.4) is 0 Å². The maximum atomic E-state index is 11.1. The maximum absolute atomic E-state index is 11.1. The van der Waals surface area contributed by atoms with Gasteiger partial charge in [-0.3, -0.25) is 14.6 Å². The molecule has 0 unspecified atom stereocenters. The van der Waals surface area contributed by atoms with Gasteiger partial charge in [0, 0.05) is 11.9 Å². The highest BCUT2D eigenvalue weighted by molar-refractivity contribution is 5.83. The number of esters is 1. The third-order valence-electron chi connectivity index (χ3n) is 1.78. The summed E-state index contributed by atoms with van der Waals surface area (Å²) in [7, 11) is 0. The van der Waals surface area contributed by atoms with E-state index in [-0.39, 0.29) is 12.4 Å². The van der Waals surface area contributed by atoms with Crippen molar-refractivity contribution in [3.63, 3.8) is 0 Å². The smallest absolute Gasteiger partial charge is 0.311 e. The number of nitrogens with zero attached hydrogens (tertiary/aromatic N) is 1. The lowest BCUT2D eigenvalue weighted by molar-refractivity contribution is -0.142. The van der Waals surface area contributed by atoms with Crippen LogP contribution in [0, 0.1) is 0 Å². The monoisotopic (exact) mass is 208 g/mol. The van der Waals surface area contributed by atoms with E-state index in [9.17, 15) is 9.59 Å². The van der Waals surface area contributed by atoms with Crippen LogP contribution in [0.25, 0.3) is 0 Å². The van der Waals surface area contributed by atoms with E-state index < -0.39 is 0 Å². The van der Waals surface area contributed by atoms with Crippen molar-refractivity contribution >= 4 is 17.9 Å². The molecule has 0 spiro atoms. The number of hydrogen-bond acceptors (Lipinski definition) is 5. The van der Waals surface area contributed by atoms with Crippen LogP contribution in [0.15, 0.2) is 12.3 Å². The molecule has 0 aromatic carbocycles. The summed E-state index contributed by atoms with van der Waals surface area (Å²) in [4.78, 5) is 25.5. The van der Waals surface area contributed by atoms with Gasteiger partial charge in [-0.05, 0) is 13.0 Å². The fourth-order valence-electron chi connectivity index (χ4n) is 1.08. The van der Waals surface area contributed by atoms with E-state index in [0.29, 0.717) is 29.8 Å². The Bertz CT molecular complexity index is 377. The molecule has 0 aliphatic heterocycles. The quantitative estimate of drug-likeness (QED) is 0.578. The van der Waals surface area contributed by atoms with Crippen molar-refractivity contribution in [3.8, 4) is 0 Å². The maximum Gasteiger partial charge on any atom is 0.311 e. The van der Waals surface area contributed by atoms with Crippen molar-refractivity contribution < 1.29 is 14.3 Å². The number of aromatic nitrogens is 1. The summed E-state index contributed by atoms with van der Waals surface area (Å²) in [5, 5.41) is 0. The van der Waals surface area contributed by atoms with E-state index in [1.165, 1.54) is 12.3 Å². The number of nitrogens with two attached hydrogens (primary N) is 1. The molecule has 5 nitrogen and oxygen atoms in total. The van der Waals surface area contributed by atoms with Gasteiger partial charge in [0.15, 0.2) is 6.29 Å². The van der Waals surface area contributed by atoms with Crippen molar-refractivity contribution in [1.29, 1.82) is 0 Å². The molecule has 0 saturated carbocycles. The van der Waals surface area contributed by atoms with Gasteiger partial charge >= 0.3 is 5.97 Å². The zero-order chi connectivity index (χ0) is 11.3. The van der Waals surface area contributed by atoms with Crippen LogP contribution >= 0.6 is 0 Å². The number of carbonyl (C=O) groups excluding carboxylic acids is 2. The molecule has 0 radical (unpaired) electrons. The average molecular weight is 208 g/mol. The Morgan fingerprint density at radius 1 is 1.67 bits per heavy atom. The molecule has 1 aromatic heterocycles. The van der Waals surface area contributed by atoms with E-state index in [1.807, 2.05) is 0 Å². The van der Waals surface area contributed by atoms with Gasteiger partial charge in [-0.15, -0.1) is 0 Å². The first-order valence-corrected chi connectivity index (χ1v) is 4.52. The Hall–Kier alpha value is -1.91. The number of hydrogen-bond donors (Lipinski definition) is 1. The lowest BCUT2D eigenvalue weighted by atomic mass is 10.2. The lowest BCUT2D eigenvalue weighted by Crippen LogP contribution is -2.09. The fraction of sp³-hybridized carbons (Fsp3) is 0.300. The summed E-state index contributed by atoms with van der Waals surface area (Å²) in [5.74, 6) is -0.358. The summed E-state index contributed by atoms with van der Waals surface area (Å²) in [6.07, 6.45) is 2.03. The van der Waals surface area contributed by atoms with Gasteiger partial charge in [-0.2, -0.15) is 0 Å². The van der Waals surface area contributed by atoms with E-state index in [1.54, 1.807) is 6.92 Å². The fourth-order valence-corrected chi connectivity index (χ4v) is 1.08. The number of anilines is 1. The Balaban J connectivity index is 2.75. The molecular formula is C10H12N2O3. The molecule has 1 aromatic rings. The van der Waals surface area contributed by atoms with Crippen LogP contribution < -0.4 is 5.73 Å². The zero-order valence-electron chi connectivity index (χ0n) is 8.40. The minimum absolute atomic E-state index is 0.0666. The summed E-state index contributed by atoms with van der Waals surface area (Å²) in [5.41, 5.74) is 6.70. The van der Waals surface area contributed by atoms with Gasteiger partial charge in [-0.25, -0.2) is 0 Å².